The second-order valence-electron chi connectivity index (χ2n) is 4.03. The smallest absolute Gasteiger partial charge is 0.310 e. The number of hydrogen-bond donors (Lipinski definition) is 2. The van der Waals surface area contributed by atoms with Crippen LogP contribution in [0.3, 0.4) is 0 Å². The standard InChI is InChI=1S/C13H17NO5/c1-18-11-4-3-8(5-12(11)19-2)10(14)6-9(15)7-13(16)17/h3-5,10H,6-7,14H2,1-2H3,(H,16,17). The minimum Gasteiger partial charge on any atom is -0.493 e. The maximum absolute atomic E-state index is 11.4. The van der Waals surface area contributed by atoms with Crippen LogP contribution in [0.5, 0.6) is 11.5 Å². The van der Waals surface area contributed by atoms with Crippen LogP contribution >= 0.6 is 0 Å². The molecule has 0 saturated carbocycles. The number of hydrogen-bond acceptors (Lipinski definition) is 5. The summed E-state index contributed by atoms with van der Waals surface area (Å²) in [5.74, 6) is -0.476. The first-order chi connectivity index (χ1) is 8.97. The summed E-state index contributed by atoms with van der Waals surface area (Å²) in [5, 5.41) is 8.52. The number of carbonyl (C=O) groups excluding carboxylic acids is 1. The summed E-state index contributed by atoms with van der Waals surface area (Å²) >= 11 is 0. The Hall–Kier alpha value is -2.08. The van der Waals surface area contributed by atoms with E-state index in [1.807, 2.05) is 0 Å². The first-order valence-electron chi connectivity index (χ1n) is 5.69. The number of carboxylic acids is 1. The van der Waals surface area contributed by atoms with Crippen molar-refractivity contribution >= 4 is 11.8 Å². The number of benzene rings is 1. The molecule has 1 unspecified atom stereocenters. The number of ketones is 1. The van der Waals surface area contributed by atoms with Crippen molar-refractivity contribution in [2.45, 2.75) is 18.9 Å². The molecule has 0 aromatic heterocycles. The lowest BCUT2D eigenvalue weighted by atomic mass is 10.0. The van der Waals surface area contributed by atoms with Gasteiger partial charge in [-0.15, -0.1) is 0 Å². The number of methoxy groups -OCH3 is 2. The SMILES string of the molecule is COc1ccc(C(N)CC(=O)CC(=O)O)cc1OC. The van der Waals surface area contributed by atoms with Gasteiger partial charge in [0.2, 0.25) is 0 Å². The first kappa shape index (κ1) is 15.0. The summed E-state index contributed by atoms with van der Waals surface area (Å²) in [6.45, 7) is 0. The molecule has 104 valence electrons. The van der Waals surface area contributed by atoms with Crippen molar-refractivity contribution in [2.75, 3.05) is 14.2 Å². The van der Waals surface area contributed by atoms with Gasteiger partial charge in [0.25, 0.3) is 0 Å². The van der Waals surface area contributed by atoms with Gasteiger partial charge in [-0.25, -0.2) is 0 Å². The Bertz CT molecular complexity index is 472. The Morgan fingerprint density at radius 2 is 1.89 bits per heavy atom. The summed E-state index contributed by atoms with van der Waals surface area (Å²) < 4.78 is 10.2. The van der Waals surface area contributed by atoms with E-state index in [-0.39, 0.29) is 6.42 Å². The van der Waals surface area contributed by atoms with E-state index in [0.29, 0.717) is 17.1 Å². The highest BCUT2D eigenvalue weighted by Crippen LogP contribution is 2.30. The highest BCUT2D eigenvalue weighted by atomic mass is 16.5. The van der Waals surface area contributed by atoms with Crippen LogP contribution < -0.4 is 15.2 Å². The van der Waals surface area contributed by atoms with Gasteiger partial charge >= 0.3 is 5.97 Å². The molecule has 0 heterocycles. The van der Waals surface area contributed by atoms with E-state index in [2.05, 4.69) is 0 Å². The normalized spacial score (nSPS) is 11.7. The van der Waals surface area contributed by atoms with Gasteiger partial charge in [0, 0.05) is 12.5 Å². The van der Waals surface area contributed by atoms with Crippen LogP contribution in [0.2, 0.25) is 0 Å². The van der Waals surface area contributed by atoms with E-state index >= 15 is 0 Å². The lowest BCUT2D eigenvalue weighted by Gasteiger charge is -2.14. The topological polar surface area (TPSA) is 98.9 Å². The zero-order valence-corrected chi connectivity index (χ0v) is 10.9. The monoisotopic (exact) mass is 267 g/mol. The van der Waals surface area contributed by atoms with Crippen LogP contribution in [-0.4, -0.2) is 31.1 Å². The molecule has 1 atom stereocenters. The number of carboxylic acid groups (broad SMARTS) is 1. The average Bonchev–Trinajstić information content (AvgIpc) is 2.36. The Kier molecular flexibility index (Phi) is 5.32. The van der Waals surface area contributed by atoms with Crippen LogP contribution in [0.15, 0.2) is 18.2 Å². The Morgan fingerprint density at radius 3 is 2.42 bits per heavy atom. The molecule has 0 amide bonds. The van der Waals surface area contributed by atoms with E-state index in [9.17, 15) is 9.59 Å². The quantitative estimate of drug-likeness (QED) is 0.719. The summed E-state index contributed by atoms with van der Waals surface area (Å²) in [7, 11) is 3.02. The molecule has 0 aliphatic carbocycles. The number of Topliss-reactive ketones (excluding diaryl/α,β-unsaturated/α-hetero) is 1. The lowest BCUT2D eigenvalue weighted by molar-refractivity contribution is -0.140. The molecular weight excluding hydrogens is 250 g/mol. The maximum atomic E-state index is 11.4. The molecule has 0 fully saturated rings. The van der Waals surface area contributed by atoms with Gasteiger partial charge in [-0.1, -0.05) is 6.07 Å². The van der Waals surface area contributed by atoms with Crippen LogP contribution in [0, 0.1) is 0 Å². The Labute approximate surface area is 111 Å². The maximum Gasteiger partial charge on any atom is 0.310 e. The van der Waals surface area contributed by atoms with Gasteiger partial charge in [-0.05, 0) is 17.7 Å². The van der Waals surface area contributed by atoms with Gasteiger partial charge in [0.1, 0.15) is 12.2 Å². The summed E-state index contributed by atoms with van der Waals surface area (Å²) in [4.78, 5) is 21.8. The van der Waals surface area contributed by atoms with Gasteiger partial charge in [0.05, 0.1) is 14.2 Å². The minimum absolute atomic E-state index is 0.0260. The zero-order valence-electron chi connectivity index (χ0n) is 10.9. The van der Waals surface area contributed by atoms with Gasteiger partial charge in [0.15, 0.2) is 11.5 Å². The molecule has 1 rings (SSSR count). The van der Waals surface area contributed by atoms with E-state index in [1.54, 1.807) is 18.2 Å². The van der Waals surface area contributed by atoms with Gasteiger partial charge < -0.3 is 20.3 Å². The highest BCUT2D eigenvalue weighted by Gasteiger charge is 2.16. The van der Waals surface area contributed by atoms with Crippen LogP contribution in [0.1, 0.15) is 24.4 Å². The molecule has 0 spiro atoms. The molecular formula is C13H17NO5. The van der Waals surface area contributed by atoms with Crippen molar-refractivity contribution in [2.24, 2.45) is 5.73 Å². The Morgan fingerprint density at radius 1 is 1.26 bits per heavy atom. The molecule has 19 heavy (non-hydrogen) atoms. The van der Waals surface area contributed by atoms with Crippen molar-refractivity contribution in [3.05, 3.63) is 23.8 Å². The van der Waals surface area contributed by atoms with Crippen molar-refractivity contribution in [1.29, 1.82) is 0 Å². The fourth-order valence-corrected chi connectivity index (χ4v) is 1.69. The van der Waals surface area contributed by atoms with Crippen molar-refractivity contribution < 1.29 is 24.2 Å². The van der Waals surface area contributed by atoms with Crippen LogP contribution in [0.25, 0.3) is 0 Å². The van der Waals surface area contributed by atoms with E-state index in [1.165, 1.54) is 14.2 Å². The number of aliphatic carboxylic acids is 1. The third-order valence-electron chi connectivity index (χ3n) is 2.63. The fraction of sp³-hybridized carbons (Fsp3) is 0.385. The fourth-order valence-electron chi connectivity index (χ4n) is 1.69. The lowest BCUT2D eigenvalue weighted by Crippen LogP contribution is -2.17. The van der Waals surface area contributed by atoms with Crippen molar-refractivity contribution in [3.8, 4) is 11.5 Å². The number of rotatable bonds is 7. The van der Waals surface area contributed by atoms with Crippen LogP contribution in [0.4, 0.5) is 0 Å². The predicted octanol–water partition coefficient (Wildman–Crippen LogP) is 1.14. The summed E-state index contributed by atoms with van der Waals surface area (Å²) in [6.07, 6.45) is -0.539. The molecule has 3 N–H and O–H groups in total. The third-order valence-corrected chi connectivity index (χ3v) is 2.63. The average molecular weight is 267 g/mol. The largest absolute Gasteiger partial charge is 0.493 e. The number of ether oxygens (including phenoxy) is 2. The predicted molar refractivity (Wildman–Crippen MR) is 68.4 cm³/mol. The molecule has 1 aromatic carbocycles. The molecule has 0 aliphatic rings. The molecule has 0 radical (unpaired) electrons. The van der Waals surface area contributed by atoms with Crippen molar-refractivity contribution in [1.82, 2.24) is 0 Å². The molecule has 0 saturated heterocycles. The molecule has 1 aromatic rings. The second kappa shape index (κ2) is 6.75. The molecule has 0 aliphatic heterocycles. The van der Waals surface area contributed by atoms with E-state index in [0.717, 1.165) is 0 Å². The Balaban J connectivity index is 2.79. The second-order valence-corrected chi connectivity index (χ2v) is 4.03. The first-order valence-corrected chi connectivity index (χ1v) is 5.69. The van der Waals surface area contributed by atoms with E-state index < -0.39 is 24.2 Å². The summed E-state index contributed by atoms with van der Waals surface area (Å²) in [6, 6.07) is 4.53. The zero-order chi connectivity index (χ0) is 14.4. The third kappa shape index (κ3) is 4.26. The molecule has 0 bridgehead atoms. The van der Waals surface area contributed by atoms with Crippen LogP contribution in [-0.2, 0) is 9.59 Å². The number of nitrogens with two attached hydrogens (primary N) is 1. The van der Waals surface area contributed by atoms with Gasteiger partial charge in [-0.2, -0.15) is 0 Å². The molecule has 6 heteroatoms. The van der Waals surface area contributed by atoms with Crippen molar-refractivity contribution in [3.63, 3.8) is 0 Å². The molecule has 6 nitrogen and oxygen atoms in total. The van der Waals surface area contributed by atoms with Gasteiger partial charge in [-0.3, -0.25) is 9.59 Å². The minimum atomic E-state index is -1.15. The summed E-state index contributed by atoms with van der Waals surface area (Å²) in [5.41, 5.74) is 6.57. The number of carbonyl (C=O) groups is 2. The highest BCUT2D eigenvalue weighted by molar-refractivity contribution is 5.95. The van der Waals surface area contributed by atoms with E-state index in [4.69, 9.17) is 20.3 Å².